The highest BCUT2D eigenvalue weighted by atomic mass is 15.2. The first-order valence-electron chi connectivity index (χ1n) is 12.9. The first-order chi connectivity index (χ1) is 16.5. The highest BCUT2D eigenvalue weighted by Crippen LogP contribution is 2.32. The summed E-state index contributed by atoms with van der Waals surface area (Å²) in [5.41, 5.74) is 6.70. The van der Waals surface area contributed by atoms with Crippen LogP contribution in [-0.4, -0.2) is 54.2 Å². The van der Waals surface area contributed by atoms with Crippen molar-refractivity contribution in [2.75, 3.05) is 31.1 Å². The fourth-order valence-electron chi connectivity index (χ4n) is 5.66. The van der Waals surface area contributed by atoms with Gasteiger partial charge in [-0.25, -0.2) is 0 Å². The molecule has 0 atom stereocenters. The minimum absolute atomic E-state index is 0.639. The highest BCUT2D eigenvalue weighted by molar-refractivity contribution is 5.88. The number of rotatable bonds is 5. The first kappa shape index (κ1) is 23.0. The van der Waals surface area contributed by atoms with Crippen LogP contribution in [0.2, 0.25) is 0 Å². The fraction of sp³-hybridized carbons (Fsp3) is 0.483. The number of H-pyrrole nitrogens is 1. The monoisotopic (exact) mass is 455 g/mol. The Morgan fingerprint density at radius 2 is 1.65 bits per heavy atom. The van der Waals surface area contributed by atoms with Crippen molar-refractivity contribution in [1.29, 1.82) is 5.26 Å². The van der Waals surface area contributed by atoms with Crippen LogP contribution in [0.5, 0.6) is 0 Å². The Morgan fingerprint density at radius 1 is 0.941 bits per heavy atom. The Bertz CT molecular complexity index is 1170. The van der Waals surface area contributed by atoms with Gasteiger partial charge in [-0.05, 0) is 102 Å². The molecular formula is C29H37N5. The van der Waals surface area contributed by atoms with E-state index in [1.807, 2.05) is 18.2 Å². The molecule has 0 saturated carbocycles. The number of nitrogens with zero attached hydrogens (tertiary/aromatic N) is 3. The van der Waals surface area contributed by atoms with Gasteiger partial charge in [-0.2, -0.15) is 5.26 Å². The van der Waals surface area contributed by atoms with Crippen molar-refractivity contribution in [1.82, 2.24) is 15.2 Å². The number of nitrogens with one attached hydrogen (secondary N) is 2. The van der Waals surface area contributed by atoms with Crippen LogP contribution in [0.15, 0.2) is 42.5 Å². The summed E-state index contributed by atoms with van der Waals surface area (Å²) in [7, 11) is 0. The summed E-state index contributed by atoms with van der Waals surface area (Å²) in [5.74, 6) is 0. The van der Waals surface area contributed by atoms with E-state index in [1.165, 1.54) is 55.6 Å². The molecule has 0 unspecified atom stereocenters. The van der Waals surface area contributed by atoms with Gasteiger partial charge in [0.1, 0.15) is 0 Å². The maximum absolute atomic E-state index is 9.21. The van der Waals surface area contributed by atoms with E-state index < -0.39 is 0 Å². The zero-order chi connectivity index (χ0) is 23.7. The number of piperidine rings is 2. The molecule has 0 spiro atoms. The second-order valence-electron chi connectivity index (χ2n) is 10.4. The lowest BCUT2D eigenvalue weighted by Crippen LogP contribution is -2.50. The van der Waals surface area contributed by atoms with Gasteiger partial charge in [0.15, 0.2) is 0 Å². The minimum Gasteiger partial charge on any atom is -0.371 e. The number of aromatic nitrogens is 1. The van der Waals surface area contributed by atoms with Crippen LogP contribution in [0.1, 0.15) is 50.7 Å². The zero-order valence-electron chi connectivity index (χ0n) is 20.8. The van der Waals surface area contributed by atoms with Gasteiger partial charge in [0.2, 0.25) is 0 Å². The zero-order valence-corrected chi connectivity index (χ0v) is 20.8. The Kier molecular flexibility index (Phi) is 6.63. The number of aromatic amines is 1. The van der Waals surface area contributed by atoms with Crippen LogP contribution in [0.4, 0.5) is 5.69 Å². The summed E-state index contributed by atoms with van der Waals surface area (Å²) >= 11 is 0. The molecule has 2 fully saturated rings. The molecule has 2 aromatic carbocycles. The average molecular weight is 456 g/mol. The molecule has 3 heterocycles. The fourth-order valence-corrected chi connectivity index (χ4v) is 5.66. The van der Waals surface area contributed by atoms with Crippen molar-refractivity contribution in [2.24, 2.45) is 0 Å². The maximum Gasteiger partial charge on any atom is 0.0991 e. The van der Waals surface area contributed by atoms with Gasteiger partial charge >= 0.3 is 0 Å². The topological polar surface area (TPSA) is 58.1 Å². The van der Waals surface area contributed by atoms with Gasteiger partial charge in [0.05, 0.1) is 11.6 Å². The number of hydrogen-bond donors (Lipinski definition) is 2. The molecule has 2 saturated heterocycles. The third-order valence-electron chi connectivity index (χ3n) is 7.85. The Hall–Kier alpha value is -2.81. The number of fused-ring (bicyclic) bond motifs is 1. The van der Waals surface area contributed by atoms with Crippen molar-refractivity contribution < 1.29 is 0 Å². The van der Waals surface area contributed by atoms with Crippen molar-refractivity contribution in [3.05, 3.63) is 53.6 Å². The van der Waals surface area contributed by atoms with E-state index in [2.05, 4.69) is 71.2 Å². The molecule has 5 heteroatoms. The van der Waals surface area contributed by atoms with Gasteiger partial charge in [0.25, 0.3) is 0 Å². The molecule has 0 radical (unpaired) electrons. The van der Waals surface area contributed by atoms with Crippen LogP contribution < -0.4 is 10.2 Å². The van der Waals surface area contributed by atoms with Crippen molar-refractivity contribution in [2.45, 2.75) is 64.6 Å². The number of aryl methyl sites for hydroxylation is 1. The summed E-state index contributed by atoms with van der Waals surface area (Å²) < 4.78 is 0. The van der Waals surface area contributed by atoms with Gasteiger partial charge in [-0.1, -0.05) is 6.07 Å². The smallest absolute Gasteiger partial charge is 0.0991 e. The molecule has 0 aliphatic carbocycles. The Balaban J connectivity index is 1.23. The van der Waals surface area contributed by atoms with E-state index in [1.54, 1.807) is 0 Å². The van der Waals surface area contributed by atoms with E-state index in [4.69, 9.17) is 0 Å². The molecule has 2 aliphatic rings. The van der Waals surface area contributed by atoms with E-state index in [0.717, 1.165) is 29.7 Å². The van der Waals surface area contributed by atoms with Crippen molar-refractivity contribution >= 4 is 16.6 Å². The van der Waals surface area contributed by atoms with Crippen LogP contribution in [0.25, 0.3) is 22.2 Å². The summed E-state index contributed by atoms with van der Waals surface area (Å²) in [6.07, 6.45) is 4.97. The van der Waals surface area contributed by atoms with Gasteiger partial charge in [-0.3, -0.25) is 0 Å². The minimum atomic E-state index is 0.639. The number of likely N-dealkylation sites (tertiary alicyclic amines) is 1. The Morgan fingerprint density at radius 3 is 2.32 bits per heavy atom. The van der Waals surface area contributed by atoms with E-state index >= 15 is 0 Å². The molecule has 34 heavy (non-hydrogen) atoms. The van der Waals surface area contributed by atoms with E-state index in [9.17, 15) is 5.26 Å². The average Bonchev–Trinajstić information content (AvgIpc) is 3.28. The molecule has 0 amide bonds. The van der Waals surface area contributed by atoms with E-state index in [0.29, 0.717) is 23.7 Å². The summed E-state index contributed by atoms with van der Waals surface area (Å²) in [5, 5.41) is 14.3. The molecule has 5 rings (SSSR count). The number of nitriles is 1. The summed E-state index contributed by atoms with van der Waals surface area (Å²) in [6.45, 7) is 11.4. The third-order valence-corrected chi connectivity index (χ3v) is 7.85. The third kappa shape index (κ3) is 4.85. The van der Waals surface area contributed by atoms with E-state index in [-0.39, 0.29) is 0 Å². The lowest BCUT2D eigenvalue weighted by molar-refractivity contribution is 0.154. The predicted octanol–water partition coefficient (Wildman–Crippen LogP) is 5.45. The molecule has 3 aromatic rings. The maximum atomic E-state index is 9.21. The molecule has 0 bridgehead atoms. The van der Waals surface area contributed by atoms with Gasteiger partial charge in [-0.15, -0.1) is 0 Å². The molecule has 2 N–H and O–H groups in total. The number of anilines is 1. The lowest BCUT2D eigenvalue weighted by atomic mass is 9.98. The quantitative estimate of drug-likeness (QED) is 0.537. The number of benzene rings is 2. The largest absolute Gasteiger partial charge is 0.371 e. The Labute approximate surface area is 203 Å². The highest BCUT2D eigenvalue weighted by Gasteiger charge is 2.25. The molecule has 178 valence electrons. The lowest BCUT2D eigenvalue weighted by Gasteiger charge is -2.39. The summed E-state index contributed by atoms with van der Waals surface area (Å²) in [6, 6.07) is 19.1. The van der Waals surface area contributed by atoms with Crippen molar-refractivity contribution in [3.8, 4) is 17.3 Å². The standard InChI is InChI=1S/C29H37N5/c1-20(2)33-12-8-24(9-13-33)31-25-10-14-34(15-11-25)26-6-4-21(3)27(18-26)29-17-23-16-22(19-30)5-7-28(23)32-29/h4-7,16-18,20,24-25,31-32H,8-15H2,1-3H3. The second-order valence-corrected chi connectivity index (χ2v) is 10.4. The second kappa shape index (κ2) is 9.82. The first-order valence-corrected chi connectivity index (χ1v) is 12.9. The van der Waals surface area contributed by atoms with Crippen molar-refractivity contribution in [3.63, 3.8) is 0 Å². The van der Waals surface area contributed by atoms with Crippen LogP contribution in [0, 0.1) is 18.3 Å². The van der Waals surface area contributed by atoms with Crippen LogP contribution >= 0.6 is 0 Å². The summed E-state index contributed by atoms with van der Waals surface area (Å²) in [4.78, 5) is 8.70. The SMILES string of the molecule is Cc1ccc(N2CCC(NC3CCN(C(C)C)CC3)CC2)cc1-c1cc2cc(C#N)ccc2[nH]1. The molecule has 1 aromatic heterocycles. The number of hydrogen-bond acceptors (Lipinski definition) is 4. The van der Waals surface area contributed by atoms with Crippen LogP contribution in [0.3, 0.4) is 0 Å². The predicted molar refractivity (Wildman–Crippen MR) is 141 cm³/mol. The van der Waals surface area contributed by atoms with Gasteiger partial charge in [0, 0.05) is 59.1 Å². The molecular weight excluding hydrogens is 418 g/mol. The molecule has 5 nitrogen and oxygen atoms in total. The van der Waals surface area contributed by atoms with Crippen LogP contribution in [-0.2, 0) is 0 Å². The van der Waals surface area contributed by atoms with Gasteiger partial charge < -0.3 is 20.1 Å². The normalized spacial score (nSPS) is 18.6. The molecule has 2 aliphatic heterocycles.